The molecule has 1 aliphatic heterocycles. The third-order valence-electron chi connectivity index (χ3n) is 2.98. The van der Waals surface area contributed by atoms with E-state index in [0.717, 1.165) is 25.9 Å². The fourth-order valence-corrected chi connectivity index (χ4v) is 2.12. The van der Waals surface area contributed by atoms with Gasteiger partial charge in [-0.25, -0.2) is 0 Å². The zero-order valence-electron chi connectivity index (χ0n) is 8.93. The van der Waals surface area contributed by atoms with Crippen LogP contribution in [0.4, 0.5) is 11.5 Å². The van der Waals surface area contributed by atoms with Gasteiger partial charge in [0, 0.05) is 13.1 Å². The zero-order valence-corrected chi connectivity index (χ0v) is 8.93. The molecule has 1 aromatic heterocycles. The second-order valence-corrected chi connectivity index (χ2v) is 4.05. The molecule has 1 fully saturated rings. The SMILES string of the molecule is NCC1CCCN(c2cn[nH]c2[N+](=O)[O-])C1. The van der Waals surface area contributed by atoms with Gasteiger partial charge in [0.1, 0.15) is 6.20 Å². The molecule has 7 heteroatoms. The van der Waals surface area contributed by atoms with E-state index in [0.29, 0.717) is 18.2 Å². The number of nitrogens with two attached hydrogens (primary N) is 1. The van der Waals surface area contributed by atoms with Crippen LogP contribution in [0.3, 0.4) is 0 Å². The topological polar surface area (TPSA) is 101 Å². The maximum absolute atomic E-state index is 10.8. The molecular weight excluding hydrogens is 210 g/mol. The Labute approximate surface area is 92.8 Å². The van der Waals surface area contributed by atoms with E-state index in [2.05, 4.69) is 10.2 Å². The van der Waals surface area contributed by atoms with Crippen molar-refractivity contribution in [3.05, 3.63) is 16.3 Å². The van der Waals surface area contributed by atoms with Gasteiger partial charge in [0.25, 0.3) is 0 Å². The summed E-state index contributed by atoms with van der Waals surface area (Å²) in [5, 5.41) is 16.9. The van der Waals surface area contributed by atoms with Crippen molar-refractivity contribution in [2.75, 3.05) is 24.5 Å². The highest BCUT2D eigenvalue weighted by atomic mass is 16.6. The van der Waals surface area contributed by atoms with Crippen LogP contribution >= 0.6 is 0 Å². The Morgan fingerprint density at radius 1 is 1.75 bits per heavy atom. The average Bonchev–Trinajstić information content (AvgIpc) is 2.78. The lowest BCUT2D eigenvalue weighted by molar-refractivity contribution is -0.388. The van der Waals surface area contributed by atoms with Gasteiger partial charge in [-0.15, -0.1) is 5.10 Å². The molecule has 0 amide bonds. The normalized spacial score (nSPS) is 21.1. The molecular formula is C9H15N5O2. The molecule has 0 spiro atoms. The number of piperidine rings is 1. The number of aromatic nitrogens is 2. The third-order valence-corrected chi connectivity index (χ3v) is 2.98. The standard InChI is InChI=1S/C9H15N5O2/c10-4-7-2-1-3-13(6-7)8-5-11-12-9(8)14(15)16/h5,7H,1-4,6,10H2,(H,11,12). The van der Waals surface area contributed by atoms with Crippen LogP contribution in [-0.2, 0) is 0 Å². The monoisotopic (exact) mass is 225 g/mol. The minimum Gasteiger partial charge on any atom is -0.363 e. The van der Waals surface area contributed by atoms with E-state index in [4.69, 9.17) is 5.73 Å². The predicted molar refractivity (Wildman–Crippen MR) is 59.2 cm³/mol. The number of H-pyrrole nitrogens is 1. The summed E-state index contributed by atoms with van der Waals surface area (Å²) < 4.78 is 0. The highest BCUT2D eigenvalue weighted by Gasteiger charge is 2.25. The molecule has 1 atom stereocenters. The first-order valence-corrected chi connectivity index (χ1v) is 5.35. The molecule has 1 aromatic rings. The van der Waals surface area contributed by atoms with Crippen molar-refractivity contribution in [2.45, 2.75) is 12.8 Å². The van der Waals surface area contributed by atoms with Gasteiger partial charge in [0.2, 0.25) is 0 Å². The molecule has 3 N–H and O–H groups in total. The van der Waals surface area contributed by atoms with Crippen LogP contribution in [0, 0.1) is 16.0 Å². The number of hydrogen-bond donors (Lipinski definition) is 2. The Balaban J connectivity index is 2.16. The van der Waals surface area contributed by atoms with Gasteiger partial charge in [0.05, 0.1) is 0 Å². The second kappa shape index (κ2) is 4.48. The molecule has 0 aliphatic carbocycles. The molecule has 88 valence electrons. The summed E-state index contributed by atoms with van der Waals surface area (Å²) in [5.41, 5.74) is 6.21. The van der Waals surface area contributed by atoms with Gasteiger partial charge in [-0.2, -0.15) is 0 Å². The van der Waals surface area contributed by atoms with Gasteiger partial charge in [-0.1, -0.05) is 5.10 Å². The Bertz CT molecular complexity index is 378. The molecule has 0 saturated carbocycles. The van der Waals surface area contributed by atoms with Crippen molar-refractivity contribution in [3.63, 3.8) is 0 Å². The lowest BCUT2D eigenvalue weighted by atomic mass is 9.98. The number of nitrogens with zero attached hydrogens (tertiary/aromatic N) is 3. The number of anilines is 1. The summed E-state index contributed by atoms with van der Waals surface area (Å²) >= 11 is 0. The fraction of sp³-hybridized carbons (Fsp3) is 0.667. The summed E-state index contributed by atoms with van der Waals surface area (Å²) in [6, 6.07) is 0. The average molecular weight is 225 g/mol. The highest BCUT2D eigenvalue weighted by molar-refractivity contribution is 5.58. The van der Waals surface area contributed by atoms with E-state index < -0.39 is 4.92 Å². The first-order chi connectivity index (χ1) is 7.72. The summed E-state index contributed by atoms with van der Waals surface area (Å²) in [5.74, 6) is 0.390. The minimum atomic E-state index is -0.436. The van der Waals surface area contributed by atoms with Crippen LogP contribution in [0.1, 0.15) is 12.8 Å². The molecule has 2 heterocycles. The lowest BCUT2D eigenvalue weighted by Crippen LogP contribution is -2.38. The van der Waals surface area contributed by atoms with E-state index in [9.17, 15) is 10.1 Å². The number of nitro groups is 1. The van der Waals surface area contributed by atoms with Crippen LogP contribution in [-0.4, -0.2) is 34.8 Å². The molecule has 2 rings (SSSR count). The highest BCUT2D eigenvalue weighted by Crippen LogP contribution is 2.28. The molecule has 0 bridgehead atoms. The van der Waals surface area contributed by atoms with Gasteiger partial charge in [-0.05, 0) is 30.2 Å². The van der Waals surface area contributed by atoms with E-state index in [-0.39, 0.29) is 5.82 Å². The molecule has 16 heavy (non-hydrogen) atoms. The van der Waals surface area contributed by atoms with Crippen molar-refractivity contribution in [2.24, 2.45) is 11.7 Å². The first-order valence-electron chi connectivity index (χ1n) is 5.35. The maximum Gasteiger partial charge on any atom is 0.366 e. The number of hydrogen-bond acceptors (Lipinski definition) is 5. The van der Waals surface area contributed by atoms with E-state index in [1.54, 1.807) is 0 Å². The van der Waals surface area contributed by atoms with Crippen LogP contribution in [0.15, 0.2) is 6.20 Å². The van der Waals surface area contributed by atoms with E-state index in [1.807, 2.05) is 4.90 Å². The van der Waals surface area contributed by atoms with Crippen molar-refractivity contribution < 1.29 is 4.92 Å². The molecule has 0 aromatic carbocycles. The van der Waals surface area contributed by atoms with Crippen LogP contribution < -0.4 is 10.6 Å². The van der Waals surface area contributed by atoms with Gasteiger partial charge < -0.3 is 20.7 Å². The molecule has 0 radical (unpaired) electrons. The summed E-state index contributed by atoms with van der Waals surface area (Å²) in [7, 11) is 0. The molecule has 1 saturated heterocycles. The summed E-state index contributed by atoms with van der Waals surface area (Å²) in [6.45, 7) is 2.23. The largest absolute Gasteiger partial charge is 0.366 e. The fourth-order valence-electron chi connectivity index (χ4n) is 2.12. The van der Waals surface area contributed by atoms with Crippen molar-refractivity contribution in [3.8, 4) is 0 Å². The molecule has 1 unspecified atom stereocenters. The zero-order chi connectivity index (χ0) is 11.5. The van der Waals surface area contributed by atoms with Gasteiger partial charge in [-0.3, -0.25) is 0 Å². The Morgan fingerprint density at radius 2 is 2.56 bits per heavy atom. The number of nitrogens with one attached hydrogen (secondary N) is 1. The summed E-state index contributed by atoms with van der Waals surface area (Å²) in [4.78, 5) is 12.3. The van der Waals surface area contributed by atoms with Gasteiger partial charge >= 0.3 is 5.82 Å². The van der Waals surface area contributed by atoms with E-state index >= 15 is 0 Å². The summed E-state index contributed by atoms with van der Waals surface area (Å²) in [6.07, 6.45) is 3.62. The van der Waals surface area contributed by atoms with Crippen molar-refractivity contribution in [1.29, 1.82) is 0 Å². The lowest BCUT2D eigenvalue weighted by Gasteiger charge is -2.32. The first kappa shape index (κ1) is 10.9. The molecule has 1 aliphatic rings. The Hall–Kier alpha value is -1.63. The van der Waals surface area contributed by atoms with Gasteiger partial charge in [0.15, 0.2) is 5.69 Å². The van der Waals surface area contributed by atoms with E-state index in [1.165, 1.54) is 6.20 Å². The number of rotatable bonds is 3. The molecule has 7 nitrogen and oxygen atoms in total. The van der Waals surface area contributed by atoms with Crippen LogP contribution in [0.5, 0.6) is 0 Å². The predicted octanol–water partition coefficient (Wildman–Crippen LogP) is 0.493. The third kappa shape index (κ3) is 1.99. The van der Waals surface area contributed by atoms with Crippen molar-refractivity contribution >= 4 is 11.5 Å². The van der Waals surface area contributed by atoms with Crippen LogP contribution in [0.25, 0.3) is 0 Å². The quantitative estimate of drug-likeness (QED) is 0.576. The van der Waals surface area contributed by atoms with Crippen molar-refractivity contribution in [1.82, 2.24) is 10.2 Å². The Kier molecular flexibility index (Phi) is 3.04. The minimum absolute atomic E-state index is 0.0299. The smallest absolute Gasteiger partial charge is 0.363 e. The Morgan fingerprint density at radius 3 is 3.25 bits per heavy atom. The number of aromatic amines is 1. The maximum atomic E-state index is 10.8. The van der Waals surface area contributed by atoms with Crippen LogP contribution in [0.2, 0.25) is 0 Å². The second-order valence-electron chi connectivity index (χ2n) is 4.05.